The molecule has 1 aromatic carbocycles. The highest BCUT2D eigenvalue weighted by atomic mass is 19.1. The van der Waals surface area contributed by atoms with Crippen LogP contribution in [0.2, 0.25) is 0 Å². The van der Waals surface area contributed by atoms with Crippen molar-refractivity contribution in [3.63, 3.8) is 0 Å². The Hall–Kier alpha value is -3.13. The molecular formula is C22H25FN6O. The van der Waals surface area contributed by atoms with Crippen molar-refractivity contribution in [3.8, 4) is 0 Å². The van der Waals surface area contributed by atoms with Gasteiger partial charge in [-0.25, -0.2) is 4.39 Å². The molecule has 5 rings (SSSR count). The number of aryl methyl sites for hydroxylation is 2. The van der Waals surface area contributed by atoms with Gasteiger partial charge in [-0.1, -0.05) is 0 Å². The van der Waals surface area contributed by atoms with Gasteiger partial charge < -0.3 is 24.9 Å². The van der Waals surface area contributed by atoms with Crippen molar-refractivity contribution >= 4 is 33.7 Å². The van der Waals surface area contributed by atoms with E-state index in [1.807, 2.05) is 13.8 Å². The predicted octanol–water partition coefficient (Wildman–Crippen LogP) is 3.69. The van der Waals surface area contributed by atoms with E-state index in [4.69, 9.17) is 14.7 Å². The first-order chi connectivity index (χ1) is 14.6. The van der Waals surface area contributed by atoms with Crippen LogP contribution in [-0.4, -0.2) is 52.8 Å². The third kappa shape index (κ3) is 3.47. The molecule has 1 aliphatic rings. The molecule has 1 saturated heterocycles. The molecule has 0 amide bonds. The number of H-pyrrole nitrogens is 2. The van der Waals surface area contributed by atoms with Gasteiger partial charge in [-0.3, -0.25) is 0 Å². The lowest BCUT2D eigenvalue weighted by Gasteiger charge is -2.27. The van der Waals surface area contributed by atoms with Gasteiger partial charge in [-0.05, 0) is 50.1 Å². The molecular weight excluding hydrogens is 383 g/mol. The van der Waals surface area contributed by atoms with Crippen LogP contribution in [0.3, 0.4) is 0 Å². The van der Waals surface area contributed by atoms with Crippen LogP contribution >= 0.6 is 0 Å². The molecule has 1 fully saturated rings. The number of aromatic nitrogens is 4. The topological polar surface area (TPSA) is 81.9 Å². The molecule has 0 unspecified atom stereocenters. The molecule has 1 aliphatic heterocycles. The summed E-state index contributed by atoms with van der Waals surface area (Å²) in [5, 5.41) is 5.41. The van der Waals surface area contributed by atoms with Crippen LogP contribution in [0.4, 0.5) is 16.2 Å². The van der Waals surface area contributed by atoms with Crippen LogP contribution in [0, 0.1) is 19.7 Å². The number of nitrogens with zero attached hydrogens (tertiary/aromatic N) is 3. The highest BCUT2D eigenvalue weighted by Crippen LogP contribution is 2.26. The summed E-state index contributed by atoms with van der Waals surface area (Å²) in [5.41, 5.74) is 5.03. The SMILES string of the molecule is Cc1cc2c(NCCc3c(C)[nH]c4ccc(F)cc34)nc(N3CCOCC3)nc2[nH]1. The molecule has 0 spiro atoms. The summed E-state index contributed by atoms with van der Waals surface area (Å²) < 4.78 is 19.2. The molecule has 0 saturated carbocycles. The number of hydrogen-bond donors (Lipinski definition) is 3. The van der Waals surface area contributed by atoms with Crippen molar-refractivity contribution in [1.82, 2.24) is 19.9 Å². The maximum absolute atomic E-state index is 13.7. The van der Waals surface area contributed by atoms with Gasteiger partial charge in [0, 0.05) is 41.9 Å². The molecule has 4 heterocycles. The molecule has 7 nitrogen and oxygen atoms in total. The van der Waals surface area contributed by atoms with Gasteiger partial charge in [0.15, 0.2) is 0 Å². The van der Waals surface area contributed by atoms with Crippen LogP contribution < -0.4 is 10.2 Å². The van der Waals surface area contributed by atoms with Crippen molar-refractivity contribution in [2.24, 2.45) is 0 Å². The number of anilines is 2. The Kier molecular flexibility index (Phi) is 4.78. The molecule has 4 aromatic rings. The molecule has 0 radical (unpaired) electrons. The van der Waals surface area contributed by atoms with Gasteiger partial charge in [0.05, 0.1) is 18.6 Å². The van der Waals surface area contributed by atoms with E-state index in [0.717, 1.165) is 64.2 Å². The van der Waals surface area contributed by atoms with E-state index in [1.54, 1.807) is 12.1 Å². The van der Waals surface area contributed by atoms with Crippen molar-refractivity contribution in [2.45, 2.75) is 20.3 Å². The second kappa shape index (κ2) is 7.60. The van der Waals surface area contributed by atoms with Gasteiger partial charge in [-0.2, -0.15) is 9.97 Å². The first-order valence-corrected chi connectivity index (χ1v) is 10.3. The smallest absolute Gasteiger partial charge is 0.229 e. The minimum absolute atomic E-state index is 0.217. The lowest BCUT2D eigenvalue weighted by Crippen LogP contribution is -2.37. The zero-order valence-electron chi connectivity index (χ0n) is 17.2. The summed E-state index contributed by atoms with van der Waals surface area (Å²) in [7, 11) is 0. The Bertz CT molecular complexity index is 1210. The number of morpholine rings is 1. The Morgan fingerprint density at radius 2 is 1.93 bits per heavy atom. The average Bonchev–Trinajstić information content (AvgIpc) is 3.27. The zero-order valence-corrected chi connectivity index (χ0v) is 17.2. The quantitative estimate of drug-likeness (QED) is 0.469. The molecule has 30 heavy (non-hydrogen) atoms. The lowest BCUT2D eigenvalue weighted by molar-refractivity contribution is 0.122. The summed E-state index contributed by atoms with van der Waals surface area (Å²) in [6, 6.07) is 6.94. The van der Waals surface area contributed by atoms with Gasteiger partial charge in [0.1, 0.15) is 17.3 Å². The number of halogens is 1. The summed E-state index contributed by atoms with van der Waals surface area (Å²) in [6.45, 7) is 7.67. The minimum Gasteiger partial charge on any atom is -0.378 e. The zero-order chi connectivity index (χ0) is 20.7. The monoisotopic (exact) mass is 408 g/mol. The summed E-state index contributed by atoms with van der Waals surface area (Å²) in [6.07, 6.45) is 0.761. The van der Waals surface area contributed by atoms with Crippen LogP contribution in [0.1, 0.15) is 17.0 Å². The van der Waals surface area contributed by atoms with Crippen LogP contribution in [0.5, 0.6) is 0 Å². The van der Waals surface area contributed by atoms with Gasteiger partial charge in [0.25, 0.3) is 0 Å². The fourth-order valence-electron chi connectivity index (χ4n) is 4.15. The maximum Gasteiger partial charge on any atom is 0.229 e. The molecule has 3 N–H and O–H groups in total. The van der Waals surface area contributed by atoms with E-state index in [9.17, 15) is 4.39 Å². The molecule has 0 atom stereocenters. The highest BCUT2D eigenvalue weighted by molar-refractivity contribution is 5.89. The van der Waals surface area contributed by atoms with E-state index in [-0.39, 0.29) is 5.82 Å². The number of aromatic amines is 2. The Balaban J connectivity index is 1.41. The first-order valence-electron chi connectivity index (χ1n) is 10.3. The van der Waals surface area contributed by atoms with E-state index >= 15 is 0 Å². The molecule has 0 bridgehead atoms. The minimum atomic E-state index is -0.217. The third-order valence-corrected chi connectivity index (χ3v) is 5.65. The van der Waals surface area contributed by atoms with Crippen LogP contribution in [0.25, 0.3) is 21.9 Å². The molecule has 156 valence electrons. The fourth-order valence-corrected chi connectivity index (χ4v) is 4.15. The normalized spacial score (nSPS) is 14.7. The third-order valence-electron chi connectivity index (χ3n) is 5.65. The van der Waals surface area contributed by atoms with Crippen molar-refractivity contribution in [1.29, 1.82) is 0 Å². The van der Waals surface area contributed by atoms with Crippen molar-refractivity contribution in [3.05, 3.63) is 47.0 Å². The average molecular weight is 408 g/mol. The van der Waals surface area contributed by atoms with E-state index in [2.05, 4.69) is 26.3 Å². The molecule has 3 aromatic heterocycles. The highest BCUT2D eigenvalue weighted by Gasteiger charge is 2.18. The summed E-state index contributed by atoms with van der Waals surface area (Å²) >= 11 is 0. The van der Waals surface area contributed by atoms with Crippen LogP contribution in [0.15, 0.2) is 24.3 Å². The summed E-state index contributed by atoms with van der Waals surface area (Å²) in [4.78, 5) is 18.4. The van der Waals surface area contributed by atoms with Gasteiger partial charge in [0.2, 0.25) is 5.95 Å². The standard InChI is InChI=1S/C22H25FN6O/c1-13-11-18-20(27-22(28-21(18)25-13)29-7-9-30-10-8-29)24-6-5-16-14(2)26-19-4-3-15(23)12-17(16)19/h3-4,11-12,26H,5-10H2,1-2H3,(H2,24,25,27,28). The Morgan fingerprint density at radius 1 is 1.10 bits per heavy atom. The number of rotatable bonds is 5. The fraction of sp³-hybridized carbons (Fsp3) is 0.364. The number of ether oxygens (including phenoxy) is 1. The molecule has 8 heteroatoms. The molecule has 0 aliphatic carbocycles. The second-order valence-electron chi connectivity index (χ2n) is 7.78. The lowest BCUT2D eigenvalue weighted by atomic mass is 10.1. The number of nitrogens with one attached hydrogen (secondary N) is 3. The summed E-state index contributed by atoms with van der Waals surface area (Å²) in [5.74, 6) is 1.31. The Labute approximate surface area is 173 Å². The maximum atomic E-state index is 13.7. The first kappa shape index (κ1) is 18.9. The number of benzene rings is 1. The predicted molar refractivity (Wildman–Crippen MR) is 117 cm³/mol. The van der Waals surface area contributed by atoms with Crippen molar-refractivity contribution in [2.75, 3.05) is 43.1 Å². The van der Waals surface area contributed by atoms with Crippen molar-refractivity contribution < 1.29 is 9.13 Å². The van der Waals surface area contributed by atoms with E-state index in [0.29, 0.717) is 25.7 Å². The van der Waals surface area contributed by atoms with Gasteiger partial charge >= 0.3 is 0 Å². The van der Waals surface area contributed by atoms with Crippen LogP contribution in [-0.2, 0) is 11.2 Å². The van der Waals surface area contributed by atoms with E-state index in [1.165, 1.54) is 6.07 Å². The largest absolute Gasteiger partial charge is 0.378 e. The second-order valence-corrected chi connectivity index (χ2v) is 7.78. The Morgan fingerprint density at radius 3 is 2.77 bits per heavy atom. The van der Waals surface area contributed by atoms with Gasteiger partial charge in [-0.15, -0.1) is 0 Å². The van der Waals surface area contributed by atoms with E-state index < -0.39 is 0 Å². The number of fused-ring (bicyclic) bond motifs is 2. The number of hydrogen-bond acceptors (Lipinski definition) is 5.